The van der Waals surface area contributed by atoms with Gasteiger partial charge in [-0.1, -0.05) is 24.4 Å². The summed E-state index contributed by atoms with van der Waals surface area (Å²) >= 11 is 5.98. The summed E-state index contributed by atoms with van der Waals surface area (Å²) in [7, 11) is 0. The summed E-state index contributed by atoms with van der Waals surface area (Å²) in [6.07, 6.45) is 6.93. The van der Waals surface area contributed by atoms with Gasteiger partial charge in [0.05, 0.1) is 0 Å². The van der Waals surface area contributed by atoms with Gasteiger partial charge in [-0.15, -0.1) is 12.4 Å². The van der Waals surface area contributed by atoms with E-state index in [0.29, 0.717) is 29.6 Å². The summed E-state index contributed by atoms with van der Waals surface area (Å²) in [5, 5.41) is 0.612. The van der Waals surface area contributed by atoms with E-state index in [1.54, 1.807) is 24.3 Å². The predicted molar refractivity (Wildman–Crippen MR) is 113 cm³/mol. The minimum atomic E-state index is -0.337. The van der Waals surface area contributed by atoms with Crippen LogP contribution in [0.5, 0.6) is 0 Å². The molecular weight excluding hydrogens is 397 g/mol. The van der Waals surface area contributed by atoms with Crippen LogP contribution in [0.3, 0.4) is 0 Å². The SMILES string of the molecule is Cl.NC1CCN(C(=O)C2CC3CCCCC3N2C(=O)c2ccc(Cl)cc2)CC1. The van der Waals surface area contributed by atoms with Gasteiger partial charge in [0, 0.05) is 35.8 Å². The lowest BCUT2D eigenvalue weighted by Gasteiger charge is -2.37. The zero-order chi connectivity index (χ0) is 19.0. The number of piperidine rings is 1. The van der Waals surface area contributed by atoms with Gasteiger partial charge in [-0.25, -0.2) is 0 Å². The Morgan fingerprint density at radius 3 is 2.32 bits per heavy atom. The lowest BCUT2D eigenvalue weighted by molar-refractivity contribution is -0.136. The topological polar surface area (TPSA) is 66.6 Å². The van der Waals surface area contributed by atoms with Gasteiger partial charge in [0.25, 0.3) is 5.91 Å². The highest BCUT2D eigenvalue weighted by atomic mass is 35.5. The molecule has 1 aromatic rings. The van der Waals surface area contributed by atoms with Crippen molar-refractivity contribution in [2.75, 3.05) is 13.1 Å². The van der Waals surface area contributed by atoms with Crippen LogP contribution >= 0.6 is 24.0 Å². The maximum atomic E-state index is 13.4. The molecular formula is C21H29Cl2N3O2. The first kappa shape index (κ1) is 21.4. The van der Waals surface area contributed by atoms with Gasteiger partial charge in [0.15, 0.2) is 0 Å². The number of carbonyl (C=O) groups is 2. The second-order valence-corrected chi connectivity index (χ2v) is 8.68. The van der Waals surface area contributed by atoms with E-state index in [2.05, 4.69) is 0 Å². The maximum Gasteiger partial charge on any atom is 0.254 e. The molecule has 1 aliphatic carbocycles. The monoisotopic (exact) mass is 425 g/mol. The number of halogens is 2. The molecule has 3 unspecified atom stereocenters. The van der Waals surface area contributed by atoms with Gasteiger partial charge in [0.1, 0.15) is 6.04 Å². The first-order valence-corrected chi connectivity index (χ1v) is 10.5. The standard InChI is InChI=1S/C21H28ClN3O2.ClH/c22-16-7-5-14(6-8-16)20(26)25-18-4-2-1-3-15(18)13-19(25)21(27)24-11-9-17(23)10-12-24;/h5-8,15,17-19H,1-4,9-13,23H2;1H. The summed E-state index contributed by atoms with van der Waals surface area (Å²) in [5.41, 5.74) is 6.61. The fourth-order valence-electron chi connectivity index (χ4n) is 5.04. The molecule has 4 rings (SSSR count). The molecule has 2 aliphatic heterocycles. The fourth-order valence-corrected chi connectivity index (χ4v) is 5.17. The van der Waals surface area contributed by atoms with Crippen molar-refractivity contribution in [1.82, 2.24) is 9.80 Å². The van der Waals surface area contributed by atoms with Crippen molar-refractivity contribution in [3.05, 3.63) is 34.9 Å². The highest BCUT2D eigenvalue weighted by Gasteiger charge is 2.48. The van der Waals surface area contributed by atoms with E-state index in [0.717, 1.165) is 38.5 Å². The van der Waals surface area contributed by atoms with E-state index >= 15 is 0 Å². The average molecular weight is 426 g/mol. The maximum absolute atomic E-state index is 13.4. The quantitative estimate of drug-likeness (QED) is 0.788. The molecule has 3 atom stereocenters. The summed E-state index contributed by atoms with van der Waals surface area (Å²) in [6.45, 7) is 1.41. The van der Waals surface area contributed by atoms with Crippen LogP contribution in [0, 0.1) is 5.92 Å². The number of amides is 2. The highest BCUT2D eigenvalue weighted by molar-refractivity contribution is 6.30. The van der Waals surface area contributed by atoms with Crippen LogP contribution in [0.15, 0.2) is 24.3 Å². The van der Waals surface area contributed by atoms with E-state index in [4.69, 9.17) is 17.3 Å². The molecule has 2 N–H and O–H groups in total. The van der Waals surface area contributed by atoms with Crippen LogP contribution in [0.1, 0.15) is 55.3 Å². The molecule has 0 aromatic heterocycles. The van der Waals surface area contributed by atoms with Crippen LogP contribution in [-0.2, 0) is 4.79 Å². The van der Waals surface area contributed by atoms with Crippen LogP contribution in [0.2, 0.25) is 5.02 Å². The Labute approximate surface area is 178 Å². The second kappa shape index (κ2) is 9.02. The number of hydrogen-bond donors (Lipinski definition) is 1. The van der Waals surface area contributed by atoms with E-state index in [-0.39, 0.29) is 42.3 Å². The second-order valence-electron chi connectivity index (χ2n) is 8.25. The summed E-state index contributed by atoms with van der Waals surface area (Å²) in [4.78, 5) is 30.5. The van der Waals surface area contributed by atoms with Crippen LogP contribution in [-0.4, -0.2) is 52.8 Å². The minimum Gasteiger partial charge on any atom is -0.341 e. The molecule has 3 aliphatic rings. The number of nitrogens with two attached hydrogens (primary N) is 1. The first-order chi connectivity index (χ1) is 13.0. The number of benzene rings is 1. The van der Waals surface area contributed by atoms with Crippen molar-refractivity contribution in [3.8, 4) is 0 Å². The molecule has 0 spiro atoms. The van der Waals surface area contributed by atoms with Crippen molar-refractivity contribution in [1.29, 1.82) is 0 Å². The Hall–Kier alpha value is -1.30. The summed E-state index contributed by atoms with van der Waals surface area (Å²) in [6, 6.07) is 7.05. The molecule has 154 valence electrons. The largest absolute Gasteiger partial charge is 0.341 e. The van der Waals surface area contributed by atoms with Crippen molar-refractivity contribution in [2.45, 2.75) is 63.1 Å². The number of carbonyl (C=O) groups excluding carboxylic acids is 2. The zero-order valence-corrected chi connectivity index (χ0v) is 17.6. The zero-order valence-electron chi connectivity index (χ0n) is 16.1. The minimum absolute atomic E-state index is 0. The molecule has 2 amide bonds. The van der Waals surface area contributed by atoms with Gasteiger partial charge in [0.2, 0.25) is 5.91 Å². The van der Waals surface area contributed by atoms with Crippen LogP contribution in [0.4, 0.5) is 0 Å². The smallest absolute Gasteiger partial charge is 0.254 e. The normalized spacial score (nSPS) is 27.9. The van der Waals surface area contributed by atoms with E-state index in [9.17, 15) is 9.59 Å². The van der Waals surface area contributed by atoms with Gasteiger partial charge < -0.3 is 15.5 Å². The van der Waals surface area contributed by atoms with Crippen molar-refractivity contribution >= 4 is 35.8 Å². The molecule has 7 heteroatoms. The van der Waals surface area contributed by atoms with Gasteiger partial charge in [-0.2, -0.15) is 0 Å². The number of nitrogens with zero attached hydrogens (tertiary/aromatic N) is 2. The molecule has 0 radical (unpaired) electrons. The van der Waals surface area contributed by atoms with E-state index < -0.39 is 0 Å². The predicted octanol–water partition coefficient (Wildman–Crippen LogP) is 3.48. The van der Waals surface area contributed by atoms with Crippen LogP contribution in [0.25, 0.3) is 0 Å². The Morgan fingerprint density at radius 1 is 1.00 bits per heavy atom. The van der Waals surface area contributed by atoms with Crippen molar-refractivity contribution < 1.29 is 9.59 Å². The Kier molecular flexibility index (Phi) is 6.89. The van der Waals surface area contributed by atoms with E-state index in [1.165, 1.54) is 6.42 Å². The molecule has 1 saturated carbocycles. The summed E-state index contributed by atoms with van der Waals surface area (Å²) < 4.78 is 0. The number of likely N-dealkylation sites (tertiary alicyclic amines) is 2. The Balaban J connectivity index is 0.00000225. The lowest BCUT2D eigenvalue weighted by Crippen LogP contribution is -2.53. The summed E-state index contributed by atoms with van der Waals surface area (Å²) in [5.74, 6) is 0.516. The number of rotatable bonds is 2. The highest BCUT2D eigenvalue weighted by Crippen LogP contribution is 2.41. The third-order valence-electron chi connectivity index (χ3n) is 6.55. The van der Waals surface area contributed by atoms with E-state index in [1.807, 2.05) is 9.80 Å². The molecule has 0 bridgehead atoms. The van der Waals surface area contributed by atoms with Gasteiger partial charge in [-0.05, 0) is 62.3 Å². The first-order valence-electron chi connectivity index (χ1n) is 10.2. The molecule has 3 fully saturated rings. The number of fused-ring (bicyclic) bond motifs is 1. The lowest BCUT2D eigenvalue weighted by atomic mass is 9.84. The molecule has 2 heterocycles. The molecule has 28 heavy (non-hydrogen) atoms. The molecule has 5 nitrogen and oxygen atoms in total. The van der Waals surface area contributed by atoms with Crippen molar-refractivity contribution in [3.63, 3.8) is 0 Å². The Morgan fingerprint density at radius 2 is 1.64 bits per heavy atom. The third-order valence-corrected chi connectivity index (χ3v) is 6.80. The fraction of sp³-hybridized carbons (Fsp3) is 0.619. The van der Waals surface area contributed by atoms with Crippen LogP contribution < -0.4 is 5.73 Å². The average Bonchev–Trinajstić information content (AvgIpc) is 3.07. The molecule has 1 aromatic carbocycles. The van der Waals surface area contributed by atoms with Crippen molar-refractivity contribution in [2.24, 2.45) is 11.7 Å². The van der Waals surface area contributed by atoms with Gasteiger partial charge in [-0.3, -0.25) is 9.59 Å². The Bertz CT molecular complexity index is 704. The van der Waals surface area contributed by atoms with Gasteiger partial charge >= 0.3 is 0 Å². The third kappa shape index (κ3) is 4.17. The molecule has 2 saturated heterocycles. The number of hydrogen-bond acceptors (Lipinski definition) is 3.